The molecule has 0 heterocycles. The molecule has 0 aliphatic carbocycles. The second kappa shape index (κ2) is 6.01. The van der Waals surface area contributed by atoms with E-state index in [1.807, 2.05) is 0 Å². The van der Waals surface area contributed by atoms with Crippen molar-refractivity contribution in [3.8, 4) is 0 Å². The first kappa shape index (κ1) is 15.4. The first-order valence-electron chi connectivity index (χ1n) is 5.50. The predicted octanol–water partition coefficient (Wildman–Crippen LogP) is 1.39. The molecule has 18 heavy (non-hydrogen) atoms. The highest BCUT2D eigenvalue weighted by Gasteiger charge is 2.21. The van der Waals surface area contributed by atoms with Gasteiger partial charge < -0.3 is 10.8 Å². The van der Waals surface area contributed by atoms with Crippen LogP contribution in [0.5, 0.6) is 0 Å². The van der Waals surface area contributed by atoms with E-state index in [1.54, 1.807) is 19.9 Å². The van der Waals surface area contributed by atoms with E-state index in [4.69, 9.17) is 10.8 Å². The van der Waals surface area contributed by atoms with Gasteiger partial charge in [0.15, 0.2) is 0 Å². The number of halogens is 1. The largest absolute Gasteiger partial charge is 0.398 e. The quantitative estimate of drug-likeness (QED) is 0.708. The molecule has 0 saturated carbocycles. The Bertz CT molecular complexity index is 527. The van der Waals surface area contributed by atoms with Crippen LogP contribution < -0.4 is 10.5 Å². The first-order valence-corrected chi connectivity index (χ1v) is 7.78. The third-order valence-corrected chi connectivity index (χ3v) is 4.97. The van der Waals surface area contributed by atoms with E-state index in [1.165, 1.54) is 6.07 Å². The standard InChI is InChI=1S/C11H17BrN2O3S/c1-3-8(6-15)14-18(16,17)11-5-10(13)9(12)4-7(11)2/h4-5,8,14-15H,3,6,13H2,1-2H3/t8-/m1/s1. The number of hydrogen-bond donors (Lipinski definition) is 3. The number of hydrogen-bond acceptors (Lipinski definition) is 4. The molecular formula is C11H17BrN2O3S. The highest BCUT2D eigenvalue weighted by Crippen LogP contribution is 2.26. The number of nitrogen functional groups attached to an aromatic ring is 1. The number of sulfonamides is 1. The molecule has 1 aromatic rings. The van der Waals surface area contributed by atoms with E-state index in [-0.39, 0.29) is 11.5 Å². The Morgan fingerprint density at radius 3 is 2.61 bits per heavy atom. The minimum absolute atomic E-state index is 0.134. The van der Waals surface area contributed by atoms with E-state index in [0.717, 1.165) is 0 Å². The molecule has 0 saturated heterocycles. The Kier molecular flexibility index (Phi) is 5.15. The van der Waals surface area contributed by atoms with Crippen molar-refractivity contribution in [2.45, 2.75) is 31.2 Å². The van der Waals surface area contributed by atoms with Gasteiger partial charge in [0.25, 0.3) is 0 Å². The van der Waals surface area contributed by atoms with Gasteiger partial charge in [0.1, 0.15) is 0 Å². The van der Waals surface area contributed by atoms with Gasteiger partial charge in [0.2, 0.25) is 10.0 Å². The van der Waals surface area contributed by atoms with E-state index in [9.17, 15) is 8.42 Å². The van der Waals surface area contributed by atoms with Gasteiger partial charge in [-0.25, -0.2) is 13.1 Å². The zero-order chi connectivity index (χ0) is 13.9. The molecule has 0 amide bonds. The minimum atomic E-state index is -3.66. The average Bonchev–Trinajstić information content (AvgIpc) is 2.30. The van der Waals surface area contributed by atoms with Crippen LogP contribution in [0.15, 0.2) is 21.5 Å². The summed E-state index contributed by atoms with van der Waals surface area (Å²) in [7, 11) is -3.66. The lowest BCUT2D eigenvalue weighted by atomic mass is 10.2. The molecule has 0 aromatic heterocycles. The van der Waals surface area contributed by atoms with Gasteiger partial charge in [-0.3, -0.25) is 0 Å². The van der Waals surface area contributed by atoms with Gasteiger partial charge in [-0.1, -0.05) is 6.92 Å². The van der Waals surface area contributed by atoms with Crippen LogP contribution in [0.25, 0.3) is 0 Å². The Labute approximate surface area is 116 Å². The van der Waals surface area contributed by atoms with E-state index in [2.05, 4.69) is 20.7 Å². The fourth-order valence-electron chi connectivity index (χ4n) is 1.49. The van der Waals surface area contributed by atoms with Gasteiger partial charge in [-0.2, -0.15) is 0 Å². The SMILES string of the molecule is CC[C@H](CO)NS(=O)(=O)c1cc(N)c(Br)cc1C. The Hall–Kier alpha value is -0.630. The van der Waals surface area contributed by atoms with Crippen LogP contribution >= 0.6 is 15.9 Å². The van der Waals surface area contributed by atoms with Crippen molar-refractivity contribution in [3.05, 3.63) is 22.2 Å². The van der Waals surface area contributed by atoms with Crippen LogP contribution in [0.2, 0.25) is 0 Å². The van der Waals surface area contributed by atoms with Gasteiger partial charge in [-0.05, 0) is 47.0 Å². The summed E-state index contributed by atoms with van der Waals surface area (Å²) in [5.74, 6) is 0. The number of rotatable bonds is 5. The molecule has 4 N–H and O–H groups in total. The molecule has 0 aliphatic heterocycles. The van der Waals surface area contributed by atoms with Crippen molar-refractivity contribution in [1.82, 2.24) is 4.72 Å². The van der Waals surface area contributed by atoms with Crippen LogP contribution in [-0.2, 0) is 10.0 Å². The third kappa shape index (κ3) is 3.44. The van der Waals surface area contributed by atoms with Crippen molar-refractivity contribution in [3.63, 3.8) is 0 Å². The maximum absolute atomic E-state index is 12.2. The summed E-state index contributed by atoms with van der Waals surface area (Å²) in [5, 5.41) is 9.05. The topological polar surface area (TPSA) is 92.4 Å². The lowest BCUT2D eigenvalue weighted by molar-refractivity contribution is 0.254. The molecule has 0 unspecified atom stereocenters. The summed E-state index contributed by atoms with van der Waals surface area (Å²) in [4.78, 5) is 0.134. The second-order valence-corrected chi connectivity index (χ2v) is 6.58. The number of aryl methyl sites for hydroxylation is 1. The second-order valence-electron chi connectivity index (χ2n) is 4.05. The van der Waals surface area contributed by atoms with E-state index < -0.39 is 16.1 Å². The van der Waals surface area contributed by atoms with Gasteiger partial charge in [0.05, 0.1) is 11.5 Å². The molecule has 7 heteroatoms. The minimum Gasteiger partial charge on any atom is -0.398 e. The van der Waals surface area contributed by atoms with Gasteiger partial charge in [0, 0.05) is 16.2 Å². The number of benzene rings is 1. The van der Waals surface area contributed by atoms with Crippen molar-refractivity contribution in [2.24, 2.45) is 0 Å². The fraction of sp³-hybridized carbons (Fsp3) is 0.455. The molecule has 1 atom stereocenters. The number of nitrogens with one attached hydrogen (secondary N) is 1. The molecule has 5 nitrogen and oxygen atoms in total. The van der Waals surface area contributed by atoms with E-state index in [0.29, 0.717) is 22.1 Å². The zero-order valence-electron chi connectivity index (χ0n) is 10.3. The molecule has 0 radical (unpaired) electrons. The predicted molar refractivity (Wildman–Crippen MR) is 74.8 cm³/mol. The Morgan fingerprint density at radius 1 is 1.50 bits per heavy atom. The third-order valence-electron chi connectivity index (χ3n) is 2.62. The van der Waals surface area contributed by atoms with Crippen LogP contribution in [0.4, 0.5) is 5.69 Å². The number of nitrogens with two attached hydrogens (primary N) is 1. The number of anilines is 1. The average molecular weight is 337 g/mol. The Morgan fingerprint density at radius 2 is 2.11 bits per heavy atom. The van der Waals surface area contributed by atoms with Crippen LogP contribution in [0, 0.1) is 6.92 Å². The van der Waals surface area contributed by atoms with Crippen LogP contribution in [0.1, 0.15) is 18.9 Å². The molecule has 1 aromatic carbocycles. The lowest BCUT2D eigenvalue weighted by Gasteiger charge is -2.16. The lowest BCUT2D eigenvalue weighted by Crippen LogP contribution is -2.37. The molecule has 1 rings (SSSR count). The molecule has 0 bridgehead atoms. The maximum Gasteiger partial charge on any atom is 0.241 e. The Balaban J connectivity index is 3.16. The fourth-order valence-corrected chi connectivity index (χ4v) is 3.52. The summed E-state index contributed by atoms with van der Waals surface area (Å²) in [5.41, 5.74) is 6.65. The van der Waals surface area contributed by atoms with E-state index >= 15 is 0 Å². The summed E-state index contributed by atoms with van der Waals surface area (Å²) in [6.45, 7) is 3.26. The van der Waals surface area contributed by atoms with Crippen molar-refractivity contribution in [1.29, 1.82) is 0 Å². The van der Waals surface area contributed by atoms with Crippen LogP contribution in [0.3, 0.4) is 0 Å². The smallest absolute Gasteiger partial charge is 0.241 e. The molecular weight excluding hydrogens is 320 g/mol. The maximum atomic E-state index is 12.2. The van der Waals surface area contributed by atoms with Crippen LogP contribution in [-0.4, -0.2) is 26.2 Å². The summed E-state index contributed by atoms with van der Waals surface area (Å²) in [6, 6.07) is 2.58. The molecule has 102 valence electrons. The van der Waals surface area contributed by atoms with Crippen molar-refractivity contribution in [2.75, 3.05) is 12.3 Å². The number of aliphatic hydroxyl groups is 1. The van der Waals surface area contributed by atoms with Gasteiger partial charge >= 0.3 is 0 Å². The molecule has 0 aliphatic rings. The summed E-state index contributed by atoms with van der Waals surface area (Å²) < 4.78 is 27.4. The number of aliphatic hydroxyl groups excluding tert-OH is 1. The van der Waals surface area contributed by atoms with Crippen molar-refractivity contribution < 1.29 is 13.5 Å². The molecule has 0 fully saturated rings. The van der Waals surface area contributed by atoms with Crippen molar-refractivity contribution >= 4 is 31.6 Å². The monoisotopic (exact) mass is 336 g/mol. The first-order chi connectivity index (χ1) is 8.31. The summed E-state index contributed by atoms with van der Waals surface area (Å²) in [6.07, 6.45) is 0.515. The normalized spacial score (nSPS) is 13.6. The van der Waals surface area contributed by atoms with Gasteiger partial charge in [-0.15, -0.1) is 0 Å². The molecule has 0 spiro atoms. The summed E-state index contributed by atoms with van der Waals surface area (Å²) >= 11 is 3.24. The highest BCUT2D eigenvalue weighted by atomic mass is 79.9. The highest BCUT2D eigenvalue weighted by molar-refractivity contribution is 9.10. The zero-order valence-corrected chi connectivity index (χ0v) is 12.7.